The van der Waals surface area contributed by atoms with Crippen molar-refractivity contribution in [1.29, 1.82) is 0 Å². The van der Waals surface area contributed by atoms with Crippen LogP contribution in [0.25, 0.3) is 6.08 Å². The van der Waals surface area contributed by atoms with Crippen molar-refractivity contribution >= 4 is 16.1 Å². The highest BCUT2D eigenvalue weighted by molar-refractivity contribution is 7.93. The lowest BCUT2D eigenvalue weighted by atomic mass is 9.98. The van der Waals surface area contributed by atoms with Crippen LogP contribution in [-0.4, -0.2) is 13.4 Å². The van der Waals surface area contributed by atoms with Crippen LogP contribution in [0.4, 0.5) is 0 Å². The molecule has 1 N–H and O–H groups in total. The standard InChI is InChI=1S/C17H18N2O2S/c1-13(16-7-4-10-18-12-16)19-22(20,21)17-9-8-14-5-2-3-6-15(14)11-17/h2-7,10-13,19H,8-9H2,1H3. The predicted octanol–water partition coefficient (Wildman–Crippen LogP) is 3.05. The molecule has 0 spiro atoms. The largest absolute Gasteiger partial charge is 0.264 e. The third-order valence-corrected chi connectivity index (χ3v) is 5.55. The van der Waals surface area contributed by atoms with E-state index in [0.29, 0.717) is 11.3 Å². The van der Waals surface area contributed by atoms with Gasteiger partial charge in [0.15, 0.2) is 0 Å². The number of pyridine rings is 1. The molecule has 4 nitrogen and oxygen atoms in total. The zero-order valence-corrected chi connectivity index (χ0v) is 13.2. The van der Waals surface area contributed by atoms with Crippen molar-refractivity contribution < 1.29 is 8.42 Å². The summed E-state index contributed by atoms with van der Waals surface area (Å²) in [6.45, 7) is 1.83. The van der Waals surface area contributed by atoms with Crippen LogP contribution < -0.4 is 4.72 Å². The van der Waals surface area contributed by atoms with Gasteiger partial charge in [-0.2, -0.15) is 0 Å². The first-order valence-corrected chi connectivity index (χ1v) is 8.75. The third kappa shape index (κ3) is 3.10. The number of hydrogen-bond donors (Lipinski definition) is 1. The lowest BCUT2D eigenvalue weighted by Gasteiger charge is -2.19. The molecule has 0 fully saturated rings. The number of rotatable bonds is 4. The molecule has 2 aromatic rings. The number of sulfonamides is 1. The molecule has 1 aromatic heterocycles. The Morgan fingerprint density at radius 1 is 1.14 bits per heavy atom. The summed E-state index contributed by atoms with van der Waals surface area (Å²) in [5.74, 6) is 0. The molecular formula is C17H18N2O2S. The average molecular weight is 314 g/mol. The van der Waals surface area contributed by atoms with E-state index in [0.717, 1.165) is 17.5 Å². The second kappa shape index (κ2) is 6.02. The molecule has 1 unspecified atom stereocenters. The first-order valence-electron chi connectivity index (χ1n) is 7.27. The van der Waals surface area contributed by atoms with Crippen LogP contribution in [-0.2, 0) is 16.4 Å². The predicted molar refractivity (Wildman–Crippen MR) is 87.4 cm³/mol. The van der Waals surface area contributed by atoms with Gasteiger partial charge in [-0.05, 0) is 48.6 Å². The summed E-state index contributed by atoms with van der Waals surface area (Å²) in [4.78, 5) is 4.47. The smallest absolute Gasteiger partial charge is 0.237 e. The van der Waals surface area contributed by atoms with Crippen LogP contribution in [0.1, 0.15) is 36.1 Å². The Balaban J connectivity index is 1.84. The maximum Gasteiger partial charge on any atom is 0.237 e. The molecule has 1 heterocycles. The van der Waals surface area contributed by atoms with Gasteiger partial charge in [-0.1, -0.05) is 30.3 Å². The molecule has 0 radical (unpaired) electrons. The third-order valence-electron chi connectivity index (χ3n) is 3.87. The topological polar surface area (TPSA) is 59.1 Å². The molecule has 0 bridgehead atoms. The SMILES string of the molecule is CC(NS(=O)(=O)C1=Cc2ccccc2CC1)c1cccnc1. The highest BCUT2D eigenvalue weighted by Gasteiger charge is 2.23. The average Bonchev–Trinajstić information content (AvgIpc) is 2.55. The van der Waals surface area contributed by atoms with Gasteiger partial charge in [-0.15, -0.1) is 0 Å². The van der Waals surface area contributed by atoms with E-state index in [1.54, 1.807) is 24.5 Å². The Morgan fingerprint density at radius 3 is 2.73 bits per heavy atom. The van der Waals surface area contributed by atoms with Crippen LogP contribution in [0.5, 0.6) is 0 Å². The monoisotopic (exact) mass is 314 g/mol. The lowest BCUT2D eigenvalue weighted by Crippen LogP contribution is -2.28. The number of aromatic nitrogens is 1. The summed E-state index contributed by atoms with van der Waals surface area (Å²) in [5.41, 5.74) is 3.03. The fraction of sp³-hybridized carbons (Fsp3) is 0.235. The van der Waals surface area contributed by atoms with E-state index in [1.807, 2.05) is 37.3 Å². The molecule has 1 atom stereocenters. The molecule has 5 heteroatoms. The summed E-state index contributed by atoms with van der Waals surface area (Å²) >= 11 is 0. The van der Waals surface area contributed by atoms with Gasteiger partial charge in [0.2, 0.25) is 10.0 Å². The number of allylic oxidation sites excluding steroid dienone is 1. The summed E-state index contributed by atoms with van der Waals surface area (Å²) < 4.78 is 27.9. The van der Waals surface area contributed by atoms with E-state index >= 15 is 0 Å². The van der Waals surface area contributed by atoms with Crippen LogP contribution in [0.3, 0.4) is 0 Å². The van der Waals surface area contributed by atoms with Crippen LogP contribution in [0, 0.1) is 0 Å². The molecule has 3 rings (SSSR count). The minimum atomic E-state index is -3.49. The summed E-state index contributed by atoms with van der Waals surface area (Å²) in [7, 11) is -3.49. The summed E-state index contributed by atoms with van der Waals surface area (Å²) in [5, 5.41) is 0. The Hall–Kier alpha value is -1.98. The van der Waals surface area contributed by atoms with Crippen molar-refractivity contribution in [2.45, 2.75) is 25.8 Å². The first kappa shape index (κ1) is 14.9. The van der Waals surface area contributed by atoms with Crippen molar-refractivity contribution in [1.82, 2.24) is 9.71 Å². The molecule has 1 aliphatic rings. The van der Waals surface area contributed by atoms with E-state index in [9.17, 15) is 8.42 Å². The number of nitrogens with one attached hydrogen (secondary N) is 1. The van der Waals surface area contributed by atoms with Crippen molar-refractivity contribution in [3.8, 4) is 0 Å². The van der Waals surface area contributed by atoms with Gasteiger partial charge in [0.05, 0.1) is 4.91 Å². The summed E-state index contributed by atoms with van der Waals surface area (Å²) in [6, 6.07) is 11.3. The van der Waals surface area contributed by atoms with E-state index in [-0.39, 0.29) is 6.04 Å². The molecule has 0 saturated carbocycles. The van der Waals surface area contributed by atoms with Gasteiger partial charge < -0.3 is 0 Å². The second-order valence-electron chi connectivity index (χ2n) is 5.44. The molecule has 1 aromatic carbocycles. The van der Waals surface area contributed by atoms with Crippen LogP contribution in [0.2, 0.25) is 0 Å². The number of aryl methyl sites for hydroxylation is 1. The van der Waals surface area contributed by atoms with Crippen molar-refractivity contribution in [2.24, 2.45) is 0 Å². The van der Waals surface area contributed by atoms with E-state index < -0.39 is 10.0 Å². The Bertz CT molecular complexity index is 798. The van der Waals surface area contributed by atoms with Gasteiger partial charge in [-0.3, -0.25) is 4.98 Å². The minimum Gasteiger partial charge on any atom is -0.264 e. The number of nitrogens with zero attached hydrogens (tertiary/aromatic N) is 1. The Morgan fingerprint density at radius 2 is 1.95 bits per heavy atom. The fourth-order valence-corrected chi connectivity index (χ4v) is 4.03. The fourth-order valence-electron chi connectivity index (χ4n) is 2.63. The quantitative estimate of drug-likeness (QED) is 0.943. The van der Waals surface area contributed by atoms with Gasteiger partial charge in [-0.25, -0.2) is 13.1 Å². The maximum absolute atomic E-state index is 12.6. The van der Waals surface area contributed by atoms with Crippen molar-refractivity contribution in [2.75, 3.05) is 0 Å². The highest BCUT2D eigenvalue weighted by Crippen LogP contribution is 2.27. The Kier molecular flexibility index (Phi) is 4.09. The lowest BCUT2D eigenvalue weighted by molar-refractivity contribution is 0.571. The van der Waals surface area contributed by atoms with E-state index in [2.05, 4.69) is 9.71 Å². The molecule has 0 saturated heterocycles. The normalized spacial score (nSPS) is 15.8. The number of hydrogen-bond acceptors (Lipinski definition) is 3. The van der Waals surface area contributed by atoms with Crippen LogP contribution in [0.15, 0.2) is 53.7 Å². The molecule has 0 aliphatic heterocycles. The van der Waals surface area contributed by atoms with Gasteiger partial charge >= 0.3 is 0 Å². The molecule has 0 amide bonds. The Labute approximate surface area is 131 Å². The molecule has 22 heavy (non-hydrogen) atoms. The summed E-state index contributed by atoms with van der Waals surface area (Å²) in [6.07, 6.45) is 6.41. The van der Waals surface area contributed by atoms with Crippen molar-refractivity contribution in [3.63, 3.8) is 0 Å². The maximum atomic E-state index is 12.6. The van der Waals surface area contributed by atoms with Crippen LogP contribution >= 0.6 is 0 Å². The van der Waals surface area contributed by atoms with E-state index in [1.165, 1.54) is 5.56 Å². The number of benzene rings is 1. The van der Waals surface area contributed by atoms with Gasteiger partial charge in [0.25, 0.3) is 0 Å². The zero-order chi connectivity index (χ0) is 15.6. The van der Waals surface area contributed by atoms with E-state index in [4.69, 9.17) is 0 Å². The number of fused-ring (bicyclic) bond motifs is 1. The minimum absolute atomic E-state index is 0.309. The molecule has 1 aliphatic carbocycles. The van der Waals surface area contributed by atoms with Crippen molar-refractivity contribution in [3.05, 3.63) is 70.4 Å². The van der Waals surface area contributed by atoms with Gasteiger partial charge in [0, 0.05) is 18.4 Å². The first-order chi connectivity index (χ1) is 10.6. The molecular weight excluding hydrogens is 296 g/mol. The molecule has 114 valence electrons. The highest BCUT2D eigenvalue weighted by atomic mass is 32.2. The zero-order valence-electron chi connectivity index (χ0n) is 12.4. The van der Waals surface area contributed by atoms with Gasteiger partial charge in [0.1, 0.15) is 0 Å². The second-order valence-corrected chi connectivity index (χ2v) is 7.21.